The number of pyridine rings is 1. The Morgan fingerprint density at radius 1 is 0.364 bits per heavy atom. The average Bonchev–Trinajstić information content (AvgIpc) is 4.10. The van der Waals surface area contributed by atoms with E-state index in [1.54, 1.807) is 42.5 Å². The predicted octanol–water partition coefficient (Wildman–Crippen LogP) is 15.9. The van der Waals surface area contributed by atoms with E-state index >= 15 is 0 Å². The van der Waals surface area contributed by atoms with Crippen molar-refractivity contribution in [2.45, 2.75) is 41.3 Å². The molecule has 13 aromatic rings. The summed E-state index contributed by atoms with van der Waals surface area (Å²) in [5.74, 6) is 0.660. The largest absolute Gasteiger partial charge is 0.317 e. The lowest BCUT2D eigenvalue weighted by Crippen LogP contribution is -2.14. The van der Waals surface area contributed by atoms with Gasteiger partial charge in [0.05, 0.1) is 56.4 Å². The highest BCUT2D eigenvalue weighted by atomic mass is 15.2. The van der Waals surface area contributed by atoms with Crippen LogP contribution in [0.15, 0.2) is 158 Å². The molecule has 66 heavy (non-hydrogen) atoms. The Kier molecular flexibility index (Phi) is 6.25. The van der Waals surface area contributed by atoms with Gasteiger partial charge in [0.15, 0.2) is 5.82 Å². The number of rotatable bonds is 4. The van der Waals surface area contributed by atoms with Crippen LogP contribution in [-0.4, -0.2) is 23.3 Å². The zero-order valence-electron chi connectivity index (χ0n) is 45.2. The number of hydrogen-bond acceptors (Lipinski definition) is 1. The first-order valence-corrected chi connectivity index (χ1v) is 21.9. The molecule has 0 N–H and O–H groups in total. The monoisotopic (exact) mass is 857 g/mol. The van der Waals surface area contributed by atoms with Crippen molar-refractivity contribution in [1.82, 2.24) is 23.3 Å². The summed E-state index contributed by atoms with van der Waals surface area (Å²) in [5.41, 5.74) is 10.4. The third-order valence-corrected chi connectivity index (χ3v) is 13.4. The van der Waals surface area contributed by atoms with Crippen LogP contribution in [0.5, 0.6) is 0 Å². The van der Waals surface area contributed by atoms with Crippen LogP contribution in [0.4, 0.5) is 5.69 Å². The Morgan fingerprint density at radius 3 is 1.11 bits per heavy atom. The second-order valence-corrected chi connectivity index (χ2v) is 17.6. The second kappa shape index (κ2) is 13.8. The lowest BCUT2D eigenvalue weighted by Gasteiger charge is -2.25. The third kappa shape index (κ3) is 5.26. The van der Waals surface area contributed by atoms with Gasteiger partial charge in [-0.3, -0.25) is 4.57 Å². The Balaban J connectivity index is 1.34. The Labute approximate surface area is 394 Å². The van der Waals surface area contributed by atoms with E-state index in [1.807, 2.05) is 97.3 Å². The summed E-state index contributed by atoms with van der Waals surface area (Å²) in [7, 11) is 0. The van der Waals surface area contributed by atoms with Crippen molar-refractivity contribution < 1.29 is 12.3 Å². The van der Waals surface area contributed by atoms with E-state index in [4.69, 9.17) is 17.3 Å². The number of benzene rings is 8. The molecule has 0 aliphatic rings. The van der Waals surface area contributed by atoms with Crippen molar-refractivity contribution in [3.05, 3.63) is 203 Å². The topological polar surface area (TPSA) is 37.0 Å². The van der Waals surface area contributed by atoms with E-state index in [9.17, 15) is 6.57 Å². The summed E-state index contributed by atoms with van der Waals surface area (Å²) in [5, 5.41) is 6.33. The van der Waals surface area contributed by atoms with Gasteiger partial charge in [0.1, 0.15) is 11.5 Å². The Bertz CT molecular complexity index is 4670. The van der Waals surface area contributed by atoms with Gasteiger partial charge in [-0.2, -0.15) is 0 Å². The van der Waals surface area contributed by atoms with Gasteiger partial charge in [0.2, 0.25) is 0 Å². The number of nitrogens with zero attached hydrogens (tertiary/aromatic N) is 6. The van der Waals surface area contributed by atoms with E-state index in [0.29, 0.717) is 55.4 Å². The summed E-state index contributed by atoms with van der Waals surface area (Å²) >= 11 is 0. The summed E-state index contributed by atoms with van der Waals surface area (Å²) in [6.07, 6.45) is 0. The fraction of sp³-hybridized carbons (Fsp3) is 0.100. The summed E-state index contributed by atoms with van der Waals surface area (Å²) in [6.45, 7) is 8.39. The van der Waals surface area contributed by atoms with Gasteiger partial charge in [-0.15, -0.1) is 0 Å². The first-order valence-electron chi connectivity index (χ1n) is 26.4. The molecule has 0 fully saturated rings. The van der Waals surface area contributed by atoms with Crippen molar-refractivity contribution in [1.29, 1.82) is 0 Å². The van der Waals surface area contributed by atoms with Crippen molar-refractivity contribution in [3.8, 4) is 23.0 Å². The highest BCUT2D eigenvalue weighted by Gasteiger charge is 2.32. The second-order valence-electron chi connectivity index (χ2n) is 17.6. The summed E-state index contributed by atoms with van der Waals surface area (Å²) < 4.78 is 84.6. The standard InChI is InChI=1S/C60H44N6/c1-34-16-22-50-42(28-34)40-12-8-10-14-48(40)63(50)57-56(61-7)59(65-54-26-20-38(5)32-46(54)47-33-39(6)21-27-55(47)65)62-60(66-49-15-11-9-13-41(49)43-29-35(2)19-25-53(43)66)58(57)64-51-23-17-36(3)30-44(51)45-31-37(4)18-24-52(45)64/h8-33H,1-6H3/i2D3,3D3,5D3. The molecule has 0 radical (unpaired) electrons. The third-order valence-electron chi connectivity index (χ3n) is 13.4. The summed E-state index contributed by atoms with van der Waals surface area (Å²) in [6, 6.07) is 49.9. The van der Waals surface area contributed by atoms with E-state index in [2.05, 4.69) is 61.9 Å². The molecule has 0 aliphatic heterocycles. The first-order chi connectivity index (χ1) is 35.8. The molecule has 0 spiro atoms. The maximum absolute atomic E-state index is 9.56. The van der Waals surface area contributed by atoms with Gasteiger partial charge < -0.3 is 13.7 Å². The van der Waals surface area contributed by atoms with Gasteiger partial charge in [0, 0.05) is 55.4 Å². The number of fused-ring (bicyclic) bond motifs is 12. The molecule has 0 unspecified atom stereocenters. The fourth-order valence-electron chi connectivity index (χ4n) is 10.6. The molecule has 8 aromatic carbocycles. The van der Waals surface area contributed by atoms with Crippen molar-refractivity contribution in [2.24, 2.45) is 0 Å². The molecule has 13 rings (SSSR count). The minimum Gasteiger partial charge on any atom is -0.317 e. The molecule has 0 amide bonds. The van der Waals surface area contributed by atoms with Crippen molar-refractivity contribution in [3.63, 3.8) is 0 Å². The van der Waals surface area contributed by atoms with Gasteiger partial charge in [-0.1, -0.05) is 106 Å². The molecule has 5 aromatic heterocycles. The Morgan fingerprint density at radius 2 is 0.682 bits per heavy atom. The van der Waals surface area contributed by atoms with Crippen LogP contribution < -0.4 is 0 Å². The number of hydrogen-bond donors (Lipinski definition) is 0. The molecule has 0 aliphatic carbocycles. The lowest BCUT2D eigenvalue weighted by atomic mass is 10.1. The Hall–Kier alpha value is -8.40. The van der Waals surface area contributed by atoms with Crippen LogP contribution in [-0.2, 0) is 0 Å². The molecular weight excluding hydrogens is 805 g/mol. The molecule has 0 atom stereocenters. The van der Waals surface area contributed by atoms with Crippen LogP contribution in [0.25, 0.3) is 115 Å². The van der Waals surface area contributed by atoms with Crippen molar-refractivity contribution >= 4 is 92.9 Å². The zero-order chi connectivity index (χ0) is 52.2. The minimum atomic E-state index is -2.41. The van der Waals surface area contributed by atoms with Crippen LogP contribution in [0, 0.1) is 47.9 Å². The van der Waals surface area contributed by atoms with E-state index in [0.717, 1.165) is 65.7 Å². The number of aryl methyl sites for hydroxylation is 6. The van der Waals surface area contributed by atoms with Gasteiger partial charge in [-0.05, 0) is 126 Å². The maximum Gasteiger partial charge on any atom is 0.254 e. The molecule has 6 nitrogen and oxygen atoms in total. The first kappa shape index (κ1) is 29.9. The average molecular weight is 858 g/mol. The van der Waals surface area contributed by atoms with Crippen LogP contribution >= 0.6 is 0 Å². The summed E-state index contributed by atoms with van der Waals surface area (Å²) in [4.78, 5) is 10.4. The van der Waals surface area contributed by atoms with E-state index < -0.39 is 20.6 Å². The highest BCUT2D eigenvalue weighted by molar-refractivity contribution is 6.16. The molecule has 0 saturated heterocycles. The molecule has 314 valence electrons. The molecule has 6 heteroatoms. The van der Waals surface area contributed by atoms with Crippen LogP contribution in [0.2, 0.25) is 0 Å². The quantitative estimate of drug-likeness (QED) is 0.162. The van der Waals surface area contributed by atoms with Crippen LogP contribution in [0.3, 0.4) is 0 Å². The van der Waals surface area contributed by atoms with E-state index in [1.165, 1.54) is 0 Å². The zero-order valence-corrected chi connectivity index (χ0v) is 36.2. The van der Waals surface area contributed by atoms with Crippen molar-refractivity contribution in [2.75, 3.05) is 0 Å². The smallest absolute Gasteiger partial charge is 0.254 e. The van der Waals surface area contributed by atoms with Crippen LogP contribution in [0.1, 0.15) is 45.7 Å². The van der Waals surface area contributed by atoms with E-state index in [-0.39, 0.29) is 28.2 Å². The highest BCUT2D eigenvalue weighted by Crippen LogP contribution is 2.49. The van der Waals surface area contributed by atoms with Gasteiger partial charge >= 0.3 is 0 Å². The van der Waals surface area contributed by atoms with Gasteiger partial charge in [0.25, 0.3) is 5.69 Å². The number of para-hydroxylation sites is 2. The molecular formula is C60H44N6. The lowest BCUT2D eigenvalue weighted by molar-refractivity contribution is 0.968. The number of aromatic nitrogens is 5. The minimum absolute atomic E-state index is 0.177. The molecule has 0 bridgehead atoms. The van der Waals surface area contributed by atoms with Gasteiger partial charge in [-0.25, -0.2) is 9.83 Å². The normalized spacial score (nSPS) is 14.7. The molecule has 5 heterocycles. The maximum atomic E-state index is 9.56. The predicted molar refractivity (Wildman–Crippen MR) is 276 cm³/mol. The molecule has 0 saturated carbocycles. The SMILES string of the molecule is [2H]C([2H])([2H])c1ccc2c(c1)c1cc(C)ccc1n2-c1nc(-n2c3ccccc3c3cc(C([2H])([2H])[2H])ccc32)c(-n2c3ccc(C)cc3c3cc(C([2H])([2H])[2H])ccc32)c(-n2c3ccccc3c3cc(C)ccc32)c1[N+]#[C-]. The fourth-order valence-corrected chi connectivity index (χ4v) is 10.6.